The third-order valence-corrected chi connectivity index (χ3v) is 4.66. The van der Waals surface area contributed by atoms with Crippen LogP contribution in [-0.4, -0.2) is 25.2 Å². The molecule has 0 saturated heterocycles. The highest BCUT2D eigenvalue weighted by atomic mass is 35.5. The maximum atomic E-state index is 12.6. The highest BCUT2D eigenvalue weighted by molar-refractivity contribution is 6.30. The molecule has 26 heavy (non-hydrogen) atoms. The minimum absolute atomic E-state index is 0.118. The Balaban J connectivity index is 1.55. The van der Waals surface area contributed by atoms with Crippen LogP contribution in [0.4, 0.5) is 0 Å². The lowest BCUT2D eigenvalue weighted by Crippen LogP contribution is -2.27. The molecule has 1 atom stereocenters. The van der Waals surface area contributed by atoms with Crippen LogP contribution in [0.1, 0.15) is 18.1 Å². The molecule has 2 aromatic carbocycles. The molecule has 134 valence electrons. The standard InChI is InChI=1S/C20H18ClNO4/c1-12(26-15-4-2-14(21)3-5-15)18(23)10-17-16-9-20-19(24-11-25-20)8-13(16)6-7-22-17/h2-5,8-10,12,22H,6-7,11H2,1H3. The molecule has 0 radical (unpaired) electrons. The number of halogens is 1. The van der Waals surface area contributed by atoms with Gasteiger partial charge in [0.1, 0.15) is 5.75 Å². The van der Waals surface area contributed by atoms with Crippen molar-refractivity contribution in [2.45, 2.75) is 19.4 Å². The van der Waals surface area contributed by atoms with Gasteiger partial charge in [-0.15, -0.1) is 0 Å². The quantitative estimate of drug-likeness (QED) is 0.832. The maximum Gasteiger partial charge on any atom is 0.231 e. The van der Waals surface area contributed by atoms with E-state index in [4.69, 9.17) is 25.8 Å². The minimum atomic E-state index is -0.607. The Morgan fingerprint density at radius 3 is 2.73 bits per heavy atom. The van der Waals surface area contributed by atoms with Crippen LogP contribution in [0, 0.1) is 0 Å². The lowest BCUT2D eigenvalue weighted by Gasteiger charge is -2.22. The minimum Gasteiger partial charge on any atom is -0.483 e. The van der Waals surface area contributed by atoms with Crippen LogP contribution in [0.25, 0.3) is 5.70 Å². The van der Waals surface area contributed by atoms with Crippen LogP contribution >= 0.6 is 11.6 Å². The summed E-state index contributed by atoms with van der Waals surface area (Å²) in [4.78, 5) is 12.6. The van der Waals surface area contributed by atoms with Gasteiger partial charge >= 0.3 is 0 Å². The fourth-order valence-electron chi connectivity index (χ4n) is 3.03. The average Bonchev–Trinajstić information content (AvgIpc) is 3.09. The molecular formula is C20H18ClNO4. The summed E-state index contributed by atoms with van der Waals surface area (Å²) < 4.78 is 16.6. The SMILES string of the molecule is CC(Oc1ccc(Cl)cc1)C(=O)C=C1NCCc2cc3c(cc21)OCO3. The van der Waals surface area contributed by atoms with Gasteiger partial charge in [0, 0.05) is 28.9 Å². The Labute approximate surface area is 156 Å². The maximum absolute atomic E-state index is 12.6. The highest BCUT2D eigenvalue weighted by Gasteiger charge is 2.23. The van der Waals surface area contributed by atoms with Crippen molar-refractivity contribution in [2.75, 3.05) is 13.3 Å². The summed E-state index contributed by atoms with van der Waals surface area (Å²) in [5, 5.41) is 3.92. The molecule has 0 fully saturated rings. The third kappa shape index (κ3) is 3.35. The second kappa shape index (κ2) is 6.92. The van der Waals surface area contributed by atoms with Crippen LogP contribution in [0.5, 0.6) is 17.2 Å². The fourth-order valence-corrected chi connectivity index (χ4v) is 3.16. The summed E-state index contributed by atoms with van der Waals surface area (Å²) in [6.45, 7) is 2.73. The Morgan fingerprint density at radius 1 is 1.23 bits per heavy atom. The number of hydrogen-bond acceptors (Lipinski definition) is 5. The number of ketones is 1. The number of nitrogens with one attached hydrogen (secondary N) is 1. The fraction of sp³-hybridized carbons (Fsp3) is 0.250. The molecule has 0 amide bonds. The Morgan fingerprint density at radius 2 is 1.96 bits per heavy atom. The number of carbonyl (C=O) groups excluding carboxylic acids is 1. The van der Waals surface area contributed by atoms with E-state index in [-0.39, 0.29) is 12.6 Å². The molecule has 2 aromatic rings. The van der Waals surface area contributed by atoms with Crippen molar-refractivity contribution in [3.63, 3.8) is 0 Å². The van der Waals surface area contributed by atoms with Gasteiger partial charge in [-0.25, -0.2) is 0 Å². The van der Waals surface area contributed by atoms with Crippen molar-refractivity contribution in [2.24, 2.45) is 0 Å². The summed E-state index contributed by atoms with van der Waals surface area (Å²) in [5.41, 5.74) is 2.88. The van der Waals surface area contributed by atoms with E-state index in [1.54, 1.807) is 37.3 Å². The molecule has 0 bridgehead atoms. The third-order valence-electron chi connectivity index (χ3n) is 4.41. The first-order valence-corrected chi connectivity index (χ1v) is 8.82. The summed E-state index contributed by atoms with van der Waals surface area (Å²) in [7, 11) is 0. The van der Waals surface area contributed by atoms with E-state index in [0.717, 1.165) is 35.5 Å². The summed E-state index contributed by atoms with van der Waals surface area (Å²) in [6, 6.07) is 10.9. The number of rotatable bonds is 4. The summed E-state index contributed by atoms with van der Waals surface area (Å²) in [5.74, 6) is 1.95. The smallest absolute Gasteiger partial charge is 0.231 e. The van der Waals surface area contributed by atoms with E-state index in [1.807, 2.05) is 12.1 Å². The van der Waals surface area contributed by atoms with E-state index < -0.39 is 6.10 Å². The first kappa shape index (κ1) is 16.8. The van der Waals surface area contributed by atoms with Gasteiger partial charge < -0.3 is 19.5 Å². The van der Waals surface area contributed by atoms with E-state index in [2.05, 4.69) is 5.32 Å². The predicted molar refractivity (Wildman–Crippen MR) is 98.8 cm³/mol. The van der Waals surface area contributed by atoms with E-state index in [9.17, 15) is 4.79 Å². The Hall–Kier alpha value is -2.66. The zero-order valence-electron chi connectivity index (χ0n) is 14.3. The van der Waals surface area contributed by atoms with Crippen LogP contribution in [0.2, 0.25) is 5.02 Å². The number of ether oxygens (including phenoxy) is 3. The number of fused-ring (bicyclic) bond motifs is 2. The molecule has 2 aliphatic rings. The summed E-state index contributed by atoms with van der Waals surface area (Å²) in [6.07, 6.45) is 1.86. The Bertz CT molecular complexity index is 876. The van der Waals surface area contributed by atoms with Crippen molar-refractivity contribution in [3.05, 3.63) is 58.6 Å². The van der Waals surface area contributed by atoms with Gasteiger partial charge in [0.15, 0.2) is 23.4 Å². The van der Waals surface area contributed by atoms with Crippen LogP contribution in [0.15, 0.2) is 42.5 Å². The molecule has 1 unspecified atom stereocenters. The first-order chi connectivity index (χ1) is 12.6. The topological polar surface area (TPSA) is 56.8 Å². The first-order valence-electron chi connectivity index (χ1n) is 8.45. The van der Waals surface area contributed by atoms with Gasteiger partial charge in [-0.05, 0) is 55.3 Å². The molecule has 6 heteroatoms. The van der Waals surface area contributed by atoms with E-state index in [0.29, 0.717) is 16.5 Å². The highest BCUT2D eigenvalue weighted by Crippen LogP contribution is 2.38. The van der Waals surface area contributed by atoms with Crippen molar-refractivity contribution >= 4 is 23.1 Å². The van der Waals surface area contributed by atoms with Crippen molar-refractivity contribution in [1.29, 1.82) is 0 Å². The van der Waals surface area contributed by atoms with Crippen LogP contribution < -0.4 is 19.5 Å². The second-order valence-corrected chi connectivity index (χ2v) is 6.65. The molecule has 0 saturated carbocycles. The number of hydrogen-bond donors (Lipinski definition) is 1. The monoisotopic (exact) mass is 371 g/mol. The molecule has 5 nitrogen and oxygen atoms in total. The van der Waals surface area contributed by atoms with Gasteiger partial charge in [0.2, 0.25) is 6.79 Å². The molecule has 0 aliphatic carbocycles. The molecule has 1 N–H and O–H groups in total. The molecular weight excluding hydrogens is 354 g/mol. The van der Waals surface area contributed by atoms with Crippen molar-refractivity contribution in [1.82, 2.24) is 5.32 Å². The second-order valence-electron chi connectivity index (χ2n) is 6.21. The van der Waals surface area contributed by atoms with Crippen LogP contribution in [-0.2, 0) is 11.2 Å². The van der Waals surface area contributed by atoms with Crippen molar-refractivity contribution in [3.8, 4) is 17.2 Å². The molecule has 0 aromatic heterocycles. The summed E-state index contributed by atoms with van der Waals surface area (Å²) >= 11 is 5.87. The van der Waals surface area contributed by atoms with Gasteiger partial charge in [-0.2, -0.15) is 0 Å². The largest absolute Gasteiger partial charge is 0.483 e. The van der Waals surface area contributed by atoms with Gasteiger partial charge in [-0.3, -0.25) is 4.79 Å². The molecule has 4 rings (SSSR count). The molecule has 0 spiro atoms. The zero-order chi connectivity index (χ0) is 18.1. The van der Waals surface area contributed by atoms with Crippen molar-refractivity contribution < 1.29 is 19.0 Å². The lowest BCUT2D eigenvalue weighted by molar-refractivity contribution is -0.120. The Kier molecular flexibility index (Phi) is 4.47. The lowest BCUT2D eigenvalue weighted by atomic mass is 9.96. The zero-order valence-corrected chi connectivity index (χ0v) is 15.0. The average molecular weight is 372 g/mol. The van der Waals surface area contributed by atoms with Gasteiger partial charge in [-0.1, -0.05) is 11.6 Å². The van der Waals surface area contributed by atoms with E-state index >= 15 is 0 Å². The number of benzene rings is 2. The van der Waals surface area contributed by atoms with Gasteiger partial charge in [0.25, 0.3) is 0 Å². The normalized spacial score (nSPS) is 17.4. The predicted octanol–water partition coefficient (Wildman–Crippen LogP) is 3.59. The molecule has 2 aliphatic heterocycles. The van der Waals surface area contributed by atoms with E-state index in [1.165, 1.54) is 0 Å². The van der Waals surface area contributed by atoms with Crippen LogP contribution in [0.3, 0.4) is 0 Å². The molecule has 2 heterocycles. The number of carbonyl (C=O) groups is 1. The van der Waals surface area contributed by atoms with Gasteiger partial charge in [0.05, 0.1) is 0 Å².